The Morgan fingerprint density at radius 2 is 2.05 bits per heavy atom. The Labute approximate surface area is 120 Å². The van der Waals surface area contributed by atoms with Crippen molar-refractivity contribution in [2.45, 2.75) is 24.3 Å². The first-order valence-electron chi connectivity index (χ1n) is 6.87. The maximum absolute atomic E-state index is 12.5. The van der Waals surface area contributed by atoms with E-state index in [9.17, 15) is 8.42 Å². The molecular weight excluding hydrogens is 276 g/mol. The van der Waals surface area contributed by atoms with Gasteiger partial charge in [0.15, 0.2) is 0 Å². The fourth-order valence-electron chi connectivity index (χ4n) is 2.39. The molecule has 0 aliphatic carbocycles. The summed E-state index contributed by atoms with van der Waals surface area (Å²) in [5.74, 6) is 0.284. The van der Waals surface area contributed by atoms with Crippen LogP contribution in [0.25, 0.3) is 0 Å². The monoisotopic (exact) mass is 298 g/mol. The van der Waals surface area contributed by atoms with E-state index in [0.29, 0.717) is 24.6 Å². The Balaban J connectivity index is 2.07. The molecular formula is C14H22N2O3S. The van der Waals surface area contributed by atoms with Crippen LogP contribution < -0.4 is 5.73 Å². The van der Waals surface area contributed by atoms with Crippen molar-refractivity contribution in [3.63, 3.8) is 0 Å². The number of rotatable bonds is 5. The van der Waals surface area contributed by atoms with E-state index in [4.69, 9.17) is 10.5 Å². The molecule has 0 bridgehead atoms. The number of nitrogens with two attached hydrogens (primary N) is 1. The highest BCUT2D eigenvalue weighted by atomic mass is 32.2. The Morgan fingerprint density at radius 3 is 2.60 bits per heavy atom. The number of nitrogens with zero attached hydrogens (tertiary/aromatic N) is 1. The van der Waals surface area contributed by atoms with E-state index < -0.39 is 10.0 Å². The zero-order valence-electron chi connectivity index (χ0n) is 11.8. The molecule has 1 heterocycles. The van der Waals surface area contributed by atoms with Gasteiger partial charge in [-0.1, -0.05) is 12.1 Å². The van der Waals surface area contributed by atoms with Crippen LogP contribution >= 0.6 is 0 Å². The highest BCUT2D eigenvalue weighted by Gasteiger charge is 2.24. The maximum Gasteiger partial charge on any atom is 0.242 e. The average Bonchev–Trinajstić information content (AvgIpc) is 2.48. The van der Waals surface area contributed by atoms with Gasteiger partial charge < -0.3 is 10.5 Å². The maximum atomic E-state index is 12.5. The number of hydrogen-bond donors (Lipinski definition) is 1. The van der Waals surface area contributed by atoms with E-state index in [0.717, 1.165) is 25.0 Å². The Kier molecular flexibility index (Phi) is 5.15. The van der Waals surface area contributed by atoms with Crippen LogP contribution in [0.2, 0.25) is 0 Å². The van der Waals surface area contributed by atoms with E-state index in [2.05, 4.69) is 0 Å². The third-order valence-electron chi connectivity index (χ3n) is 3.64. The zero-order chi connectivity index (χ0) is 14.6. The highest BCUT2D eigenvalue weighted by molar-refractivity contribution is 7.89. The van der Waals surface area contributed by atoms with Gasteiger partial charge in [0, 0.05) is 26.7 Å². The molecule has 0 saturated carbocycles. The lowest BCUT2D eigenvalue weighted by molar-refractivity contribution is 0.0495. The predicted molar refractivity (Wildman–Crippen MR) is 77.7 cm³/mol. The van der Waals surface area contributed by atoms with Gasteiger partial charge in [0.1, 0.15) is 0 Å². The summed E-state index contributed by atoms with van der Waals surface area (Å²) >= 11 is 0. The Bertz CT molecular complexity index is 522. The molecule has 1 fully saturated rings. The van der Waals surface area contributed by atoms with Crippen molar-refractivity contribution in [2.75, 3.05) is 26.8 Å². The molecule has 6 heteroatoms. The normalized spacial score (nSPS) is 20.2. The van der Waals surface area contributed by atoms with Crippen LogP contribution in [0.4, 0.5) is 0 Å². The second kappa shape index (κ2) is 6.67. The molecule has 0 radical (unpaired) electrons. The molecule has 0 aromatic heterocycles. The Hall–Kier alpha value is -0.950. The molecule has 5 nitrogen and oxygen atoms in total. The van der Waals surface area contributed by atoms with Gasteiger partial charge in [0.25, 0.3) is 0 Å². The Morgan fingerprint density at radius 1 is 1.35 bits per heavy atom. The molecule has 20 heavy (non-hydrogen) atoms. The minimum absolute atomic E-state index is 0.284. The molecule has 2 N–H and O–H groups in total. The summed E-state index contributed by atoms with van der Waals surface area (Å²) in [4.78, 5) is 0.314. The fourth-order valence-corrected chi connectivity index (χ4v) is 3.64. The van der Waals surface area contributed by atoms with Crippen LogP contribution in [-0.4, -0.2) is 39.5 Å². The van der Waals surface area contributed by atoms with Crippen molar-refractivity contribution in [1.82, 2.24) is 4.31 Å². The SMILES string of the molecule is CN(CC1CCCOC1)S(=O)(=O)c1ccc(CN)cc1. The van der Waals surface area contributed by atoms with Gasteiger partial charge in [-0.05, 0) is 36.5 Å². The van der Waals surface area contributed by atoms with Gasteiger partial charge in [-0.2, -0.15) is 0 Å². The molecule has 1 aromatic rings. The molecule has 1 atom stereocenters. The second-order valence-electron chi connectivity index (χ2n) is 5.22. The van der Waals surface area contributed by atoms with Crippen LogP contribution in [0.5, 0.6) is 0 Å². The van der Waals surface area contributed by atoms with E-state index in [-0.39, 0.29) is 5.92 Å². The van der Waals surface area contributed by atoms with E-state index in [1.807, 2.05) is 0 Å². The third-order valence-corrected chi connectivity index (χ3v) is 5.47. The first kappa shape index (κ1) is 15.4. The lowest BCUT2D eigenvalue weighted by Gasteiger charge is -2.26. The quantitative estimate of drug-likeness (QED) is 0.886. The van der Waals surface area contributed by atoms with Gasteiger partial charge in [-0.15, -0.1) is 0 Å². The summed E-state index contributed by atoms with van der Waals surface area (Å²) in [7, 11) is -1.80. The van der Waals surface area contributed by atoms with E-state index in [1.54, 1.807) is 31.3 Å². The van der Waals surface area contributed by atoms with Gasteiger partial charge in [-0.3, -0.25) is 0 Å². The molecule has 1 unspecified atom stereocenters. The molecule has 1 aromatic carbocycles. The summed E-state index contributed by atoms with van der Waals surface area (Å²) in [6.45, 7) is 2.34. The van der Waals surface area contributed by atoms with Crippen LogP contribution in [0, 0.1) is 5.92 Å². The smallest absolute Gasteiger partial charge is 0.242 e. The molecule has 112 valence electrons. The van der Waals surface area contributed by atoms with E-state index in [1.165, 1.54) is 4.31 Å². The van der Waals surface area contributed by atoms with E-state index >= 15 is 0 Å². The molecule has 0 spiro atoms. The topological polar surface area (TPSA) is 72.6 Å². The molecule has 1 aliphatic rings. The standard InChI is InChI=1S/C14H22N2O3S/c1-16(10-13-3-2-8-19-11-13)20(17,18)14-6-4-12(9-15)5-7-14/h4-7,13H,2-3,8-11,15H2,1H3. The summed E-state index contributed by atoms with van der Waals surface area (Å²) in [5.41, 5.74) is 6.44. The van der Waals surface area contributed by atoms with Crippen molar-refractivity contribution >= 4 is 10.0 Å². The van der Waals surface area contributed by atoms with Crippen molar-refractivity contribution in [2.24, 2.45) is 11.7 Å². The minimum Gasteiger partial charge on any atom is -0.381 e. The van der Waals surface area contributed by atoms with Crippen LogP contribution in [0.15, 0.2) is 29.2 Å². The third kappa shape index (κ3) is 3.58. The average molecular weight is 298 g/mol. The molecule has 1 saturated heterocycles. The highest BCUT2D eigenvalue weighted by Crippen LogP contribution is 2.20. The molecule has 2 rings (SSSR count). The summed E-state index contributed by atoms with van der Waals surface area (Å²) in [5, 5.41) is 0. The molecule has 1 aliphatic heterocycles. The number of benzene rings is 1. The fraction of sp³-hybridized carbons (Fsp3) is 0.571. The van der Waals surface area contributed by atoms with Crippen LogP contribution in [0.3, 0.4) is 0 Å². The molecule has 0 amide bonds. The summed E-state index contributed by atoms with van der Waals surface area (Å²) in [6.07, 6.45) is 2.02. The second-order valence-corrected chi connectivity index (χ2v) is 7.26. The largest absolute Gasteiger partial charge is 0.381 e. The van der Waals surface area contributed by atoms with Crippen molar-refractivity contribution in [3.8, 4) is 0 Å². The number of sulfonamides is 1. The van der Waals surface area contributed by atoms with Gasteiger partial charge in [-0.25, -0.2) is 12.7 Å². The zero-order valence-corrected chi connectivity index (χ0v) is 12.6. The lowest BCUT2D eigenvalue weighted by Crippen LogP contribution is -2.35. The van der Waals surface area contributed by atoms with Crippen molar-refractivity contribution in [3.05, 3.63) is 29.8 Å². The van der Waals surface area contributed by atoms with Crippen LogP contribution in [-0.2, 0) is 21.3 Å². The van der Waals surface area contributed by atoms with Crippen molar-refractivity contribution in [1.29, 1.82) is 0 Å². The van der Waals surface area contributed by atoms with Gasteiger partial charge >= 0.3 is 0 Å². The lowest BCUT2D eigenvalue weighted by atomic mass is 10.0. The predicted octanol–water partition coefficient (Wildman–Crippen LogP) is 1.19. The van der Waals surface area contributed by atoms with Crippen LogP contribution in [0.1, 0.15) is 18.4 Å². The van der Waals surface area contributed by atoms with Gasteiger partial charge in [0.2, 0.25) is 10.0 Å². The minimum atomic E-state index is -3.43. The van der Waals surface area contributed by atoms with Gasteiger partial charge in [0.05, 0.1) is 11.5 Å². The summed E-state index contributed by atoms with van der Waals surface area (Å²) < 4.78 is 31.7. The first-order chi connectivity index (χ1) is 9.54. The first-order valence-corrected chi connectivity index (χ1v) is 8.31. The number of hydrogen-bond acceptors (Lipinski definition) is 4. The summed E-state index contributed by atoms with van der Waals surface area (Å²) in [6, 6.07) is 6.74. The van der Waals surface area contributed by atoms with Crippen molar-refractivity contribution < 1.29 is 13.2 Å². The number of ether oxygens (including phenoxy) is 1.